The summed E-state index contributed by atoms with van der Waals surface area (Å²) >= 11 is 0. The highest BCUT2D eigenvalue weighted by Crippen LogP contribution is 2.33. The maximum absolute atomic E-state index is 12.7. The molecule has 1 N–H and O–H groups in total. The van der Waals surface area contributed by atoms with Gasteiger partial charge >= 0.3 is 0 Å². The first kappa shape index (κ1) is 18.3. The number of carbonyl (C=O) groups excluding carboxylic acids is 2. The van der Waals surface area contributed by atoms with Crippen molar-refractivity contribution in [2.45, 2.75) is 52.1 Å². The maximum atomic E-state index is 12.7. The topological polar surface area (TPSA) is 58.6 Å². The van der Waals surface area contributed by atoms with Crippen molar-refractivity contribution in [1.82, 2.24) is 10.2 Å². The first-order chi connectivity index (χ1) is 11.4. The zero-order valence-electron chi connectivity index (χ0n) is 15.1. The van der Waals surface area contributed by atoms with E-state index in [1.165, 1.54) is 0 Å². The minimum atomic E-state index is -0.797. The number of nitrogens with one attached hydrogen (secondary N) is 1. The average Bonchev–Trinajstić information content (AvgIpc) is 2.84. The summed E-state index contributed by atoms with van der Waals surface area (Å²) in [5, 5.41) is 3.00. The highest BCUT2D eigenvalue weighted by Gasteiger charge is 2.47. The molecule has 0 saturated carbocycles. The van der Waals surface area contributed by atoms with Gasteiger partial charge in [0.05, 0.1) is 13.7 Å². The quantitative estimate of drug-likeness (QED) is 0.835. The van der Waals surface area contributed by atoms with Gasteiger partial charge in [0.25, 0.3) is 0 Å². The monoisotopic (exact) mass is 332 g/mol. The summed E-state index contributed by atoms with van der Waals surface area (Å²) < 4.78 is 5.37. The standard InChI is InChI=1S/C19H28N2O3/c1-14(2)10-12-20-18(23)19(3)11-9-17(22)21(19)13-15-7-5-6-8-16(15)24-4/h5-8,14H,9-13H2,1-4H3,(H,20,23)/t19-/m0/s1. The molecule has 1 atom stereocenters. The van der Waals surface area contributed by atoms with Crippen LogP contribution in [0.3, 0.4) is 0 Å². The molecule has 0 unspecified atom stereocenters. The lowest BCUT2D eigenvalue weighted by Gasteiger charge is -2.34. The van der Waals surface area contributed by atoms with E-state index in [1.54, 1.807) is 12.0 Å². The summed E-state index contributed by atoms with van der Waals surface area (Å²) in [6.45, 7) is 7.14. The normalized spacial score (nSPS) is 20.5. The average molecular weight is 332 g/mol. The predicted octanol–water partition coefficient (Wildman–Crippen LogP) is 2.74. The number of hydrogen-bond acceptors (Lipinski definition) is 3. The number of benzene rings is 1. The van der Waals surface area contributed by atoms with E-state index in [2.05, 4.69) is 19.2 Å². The predicted molar refractivity (Wildman–Crippen MR) is 93.6 cm³/mol. The molecule has 1 aromatic carbocycles. The summed E-state index contributed by atoms with van der Waals surface area (Å²) in [5.41, 5.74) is 0.117. The Balaban J connectivity index is 2.14. The Kier molecular flexibility index (Phi) is 5.86. The Morgan fingerprint density at radius 2 is 2.08 bits per heavy atom. The van der Waals surface area contributed by atoms with Gasteiger partial charge in [0.15, 0.2) is 0 Å². The fourth-order valence-corrected chi connectivity index (χ4v) is 3.06. The fourth-order valence-electron chi connectivity index (χ4n) is 3.06. The molecule has 2 rings (SSSR count). The number of para-hydroxylation sites is 1. The smallest absolute Gasteiger partial charge is 0.245 e. The molecule has 0 bridgehead atoms. The van der Waals surface area contributed by atoms with E-state index in [9.17, 15) is 9.59 Å². The molecule has 0 aliphatic carbocycles. The summed E-state index contributed by atoms with van der Waals surface area (Å²) in [5.74, 6) is 1.22. The van der Waals surface area contributed by atoms with Crippen LogP contribution in [0.5, 0.6) is 5.75 Å². The third kappa shape index (κ3) is 3.89. The first-order valence-corrected chi connectivity index (χ1v) is 8.59. The Morgan fingerprint density at radius 1 is 1.38 bits per heavy atom. The van der Waals surface area contributed by atoms with Crippen molar-refractivity contribution in [2.75, 3.05) is 13.7 Å². The Morgan fingerprint density at radius 3 is 2.75 bits per heavy atom. The summed E-state index contributed by atoms with van der Waals surface area (Å²) in [6.07, 6.45) is 1.89. The van der Waals surface area contributed by atoms with Crippen LogP contribution < -0.4 is 10.1 Å². The van der Waals surface area contributed by atoms with Crippen LogP contribution in [0.25, 0.3) is 0 Å². The van der Waals surface area contributed by atoms with Crippen LogP contribution in [0.15, 0.2) is 24.3 Å². The highest BCUT2D eigenvalue weighted by molar-refractivity contribution is 5.94. The zero-order valence-corrected chi connectivity index (χ0v) is 15.1. The lowest BCUT2D eigenvalue weighted by atomic mass is 9.96. The molecule has 1 aliphatic heterocycles. The van der Waals surface area contributed by atoms with Crippen molar-refractivity contribution in [3.05, 3.63) is 29.8 Å². The van der Waals surface area contributed by atoms with Crippen molar-refractivity contribution in [1.29, 1.82) is 0 Å². The van der Waals surface area contributed by atoms with Crippen molar-refractivity contribution < 1.29 is 14.3 Å². The van der Waals surface area contributed by atoms with E-state index in [1.807, 2.05) is 31.2 Å². The molecule has 1 fully saturated rings. The number of carbonyl (C=O) groups is 2. The van der Waals surface area contributed by atoms with Crippen LogP contribution in [0.4, 0.5) is 0 Å². The lowest BCUT2D eigenvalue weighted by Crippen LogP contribution is -2.54. The van der Waals surface area contributed by atoms with Gasteiger partial charge in [-0.1, -0.05) is 32.0 Å². The van der Waals surface area contributed by atoms with Crippen LogP contribution in [0.1, 0.15) is 45.6 Å². The van der Waals surface area contributed by atoms with Crippen molar-refractivity contribution in [2.24, 2.45) is 5.92 Å². The molecule has 0 spiro atoms. The molecule has 1 heterocycles. The zero-order chi connectivity index (χ0) is 17.7. The van der Waals surface area contributed by atoms with E-state index >= 15 is 0 Å². The number of nitrogens with zero attached hydrogens (tertiary/aromatic N) is 1. The van der Waals surface area contributed by atoms with Gasteiger partial charge in [-0.05, 0) is 31.7 Å². The van der Waals surface area contributed by atoms with Crippen LogP contribution in [-0.4, -0.2) is 35.9 Å². The Hall–Kier alpha value is -2.04. The number of likely N-dealkylation sites (tertiary alicyclic amines) is 1. The fraction of sp³-hybridized carbons (Fsp3) is 0.579. The number of methoxy groups -OCH3 is 1. The van der Waals surface area contributed by atoms with Gasteiger partial charge in [-0.3, -0.25) is 9.59 Å². The number of hydrogen-bond donors (Lipinski definition) is 1. The van der Waals surface area contributed by atoms with Gasteiger partial charge in [-0.2, -0.15) is 0 Å². The summed E-state index contributed by atoms with van der Waals surface area (Å²) in [4.78, 5) is 26.8. The molecular formula is C19H28N2O3. The Bertz CT molecular complexity index is 600. The number of rotatable bonds is 7. The first-order valence-electron chi connectivity index (χ1n) is 8.59. The minimum absolute atomic E-state index is 0.0161. The molecule has 0 radical (unpaired) electrons. The van der Waals surface area contributed by atoms with E-state index in [0.717, 1.165) is 17.7 Å². The third-order valence-electron chi connectivity index (χ3n) is 4.74. The van der Waals surface area contributed by atoms with Crippen LogP contribution in [0, 0.1) is 5.92 Å². The van der Waals surface area contributed by atoms with Gasteiger partial charge in [0.2, 0.25) is 11.8 Å². The molecule has 1 aliphatic rings. The molecule has 132 valence electrons. The van der Waals surface area contributed by atoms with Crippen molar-refractivity contribution >= 4 is 11.8 Å². The van der Waals surface area contributed by atoms with E-state index in [0.29, 0.717) is 31.8 Å². The van der Waals surface area contributed by atoms with Gasteiger partial charge in [0, 0.05) is 18.5 Å². The maximum Gasteiger partial charge on any atom is 0.245 e. The van der Waals surface area contributed by atoms with E-state index < -0.39 is 5.54 Å². The highest BCUT2D eigenvalue weighted by atomic mass is 16.5. The molecular weight excluding hydrogens is 304 g/mol. The van der Waals surface area contributed by atoms with Gasteiger partial charge in [-0.25, -0.2) is 0 Å². The molecule has 1 saturated heterocycles. The number of ether oxygens (including phenoxy) is 1. The SMILES string of the molecule is COc1ccccc1CN1C(=O)CC[C@@]1(C)C(=O)NCCC(C)C. The van der Waals surface area contributed by atoms with Crippen LogP contribution in [-0.2, 0) is 16.1 Å². The molecule has 0 aromatic heterocycles. The second-order valence-electron chi connectivity index (χ2n) is 7.00. The van der Waals surface area contributed by atoms with Crippen LogP contribution >= 0.6 is 0 Å². The van der Waals surface area contributed by atoms with Crippen LogP contribution in [0.2, 0.25) is 0 Å². The molecule has 5 nitrogen and oxygen atoms in total. The van der Waals surface area contributed by atoms with E-state index in [4.69, 9.17) is 4.74 Å². The molecule has 5 heteroatoms. The lowest BCUT2D eigenvalue weighted by molar-refractivity contribution is -0.141. The minimum Gasteiger partial charge on any atom is -0.496 e. The molecule has 1 aromatic rings. The molecule has 2 amide bonds. The van der Waals surface area contributed by atoms with Gasteiger partial charge in [0.1, 0.15) is 11.3 Å². The largest absolute Gasteiger partial charge is 0.496 e. The van der Waals surface area contributed by atoms with Gasteiger partial charge < -0.3 is 15.0 Å². The summed E-state index contributed by atoms with van der Waals surface area (Å²) in [6, 6.07) is 7.61. The number of amides is 2. The van der Waals surface area contributed by atoms with E-state index in [-0.39, 0.29) is 11.8 Å². The third-order valence-corrected chi connectivity index (χ3v) is 4.74. The second kappa shape index (κ2) is 7.69. The molecule has 24 heavy (non-hydrogen) atoms. The van der Waals surface area contributed by atoms with Crippen molar-refractivity contribution in [3.63, 3.8) is 0 Å². The van der Waals surface area contributed by atoms with Crippen molar-refractivity contribution in [3.8, 4) is 5.75 Å². The Labute approximate surface area is 144 Å². The van der Waals surface area contributed by atoms with Gasteiger partial charge in [-0.15, -0.1) is 0 Å². The second-order valence-corrected chi connectivity index (χ2v) is 7.00. The summed E-state index contributed by atoms with van der Waals surface area (Å²) in [7, 11) is 1.61.